The number of carbonyl (C=O) groups is 1. The number of benzene rings is 1. The van der Waals surface area contributed by atoms with Crippen LogP contribution >= 0.6 is 11.6 Å². The van der Waals surface area contributed by atoms with Gasteiger partial charge in [0.1, 0.15) is 5.75 Å². The van der Waals surface area contributed by atoms with Gasteiger partial charge in [0.25, 0.3) is 5.91 Å². The Labute approximate surface area is 123 Å². The third-order valence-electron chi connectivity index (χ3n) is 3.19. The molecule has 1 saturated carbocycles. The minimum Gasteiger partial charge on any atom is -0.481 e. The van der Waals surface area contributed by atoms with Gasteiger partial charge in [-0.25, -0.2) is 0 Å². The van der Waals surface area contributed by atoms with Crippen LogP contribution in [0.4, 0.5) is 0 Å². The van der Waals surface area contributed by atoms with E-state index in [2.05, 4.69) is 6.07 Å². The Balaban J connectivity index is 1.98. The molecule has 1 atom stereocenters. The van der Waals surface area contributed by atoms with E-state index in [1.54, 1.807) is 36.1 Å². The summed E-state index contributed by atoms with van der Waals surface area (Å²) in [6.45, 7) is 2.20. The van der Waals surface area contributed by atoms with Crippen LogP contribution in [0.2, 0.25) is 5.02 Å². The van der Waals surface area contributed by atoms with E-state index >= 15 is 0 Å². The molecule has 1 amide bonds. The van der Waals surface area contributed by atoms with Gasteiger partial charge in [-0.05, 0) is 38.0 Å². The zero-order valence-electron chi connectivity index (χ0n) is 11.4. The zero-order chi connectivity index (χ0) is 14.5. The molecule has 2 rings (SSSR count). The van der Waals surface area contributed by atoms with Crippen LogP contribution in [0.25, 0.3) is 0 Å². The van der Waals surface area contributed by atoms with Crippen LogP contribution in [0, 0.1) is 11.3 Å². The molecule has 0 bridgehead atoms. The Bertz CT molecular complexity index is 523. The first kappa shape index (κ1) is 14.7. The number of nitrogens with zero attached hydrogens (tertiary/aromatic N) is 2. The van der Waals surface area contributed by atoms with Crippen molar-refractivity contribution in [1.82, 2.24) is 4.90 Å². The van der Waals surface area contributed by atoms with Gasteiger partial charge in [0, 0.05) is 17.6 Å². The van der Waals surface area contributed by atoms with E-state index in [1.807, 2.05) is 0 Å². The van der Waals surface area contributed by atoms with Crippen molar-refractivity contribution in [3.05, 3.63) is 29.3 Å². The lowest BCUT2D eigenvalue weighted by atomic mass is 10.3. The average Bonchev–Trinajstić information content (AvgIpc) is 3.23. The van der Waals surface area contributed by atoms with E-state index in [1.165, 1.54) is 0 Å². The first-order chi connectivity index (χ1) is 9.61. The standard InChI is InChI=1S/C15H17ClN2O2/c1-11(20-14-5-2-4-12(16)10-14)15(19)18(9-3-8-17)13-6-7-13/h2,4-5,10-11,13H,3,6-7,9H2,1H3. The second-order valence-electron chi connectivity index (χ2n) is 4.89. The number of rotatable bonds is 6. The third kappa shape index (κ3) is 3.88. The SMILES string of the molecule is CC(Oc1cccc(Cl)c1)C(=O)N(CCC#N)C1CC1. The second kappa shape index (κ2) is 6.62. The van der Waals surface area contributed by atoms with Crippen LogP contribution in [-0.2, 0) is 4.79 Å². The number of carbonyl (C=O) groups excluding carboxylic acids is 1. The zero-order valence-corrected chi connectivity index (χ0v) is 12.1. The molecule has 5 heteroatoms. The highest BCUT2D eigenvalue weighted by Gasteiger charge is 2.34. The first-order valence-corrected chi connectivity index (χ1v) is 7.09. The molecule has 4 nitrogen and oxygen atoms in total. The lowest BCUT2D eigenvalue weighted by Gasteiger charge is -2.25. The van der Waals surface area contributed by atoms with Crippen LogP contribution < -0.4 is 4.74 Å². The molecule has 0 saturated heterocycles. The minimum atomic E-state index is -0.576. The highest BCUT2D eigenvalue weighted by Crippen LogP contribution is 2.28. The van der Waals surface area contributed by atoms with E-state index in [-0.39, 0.29) is 11.9 Å². The minimum absolute atomic E-state index is 0.0669. The molecule has 1 aliphatic carbocycles. The van der Waals surface area contributed by atoms with Crippen molar-refractivity contribution in [3.8, 4) is 11.8 Å². The fourth-order valence-electron chi connectivity index (χ4n) is 2.06. The second-order valence-corrected chi connectivity index (χ2v) is 5.32. The third-order valence-corrected chi connectivity index (χ3v) is 3.43. The van der Waals surface area contributed by atoms with E-state index in [4.69, 9.17) is 21.6 Å². The summed E-state index contributed by atoms with van der Waals surface area (Å²) in [5, 5.41) is 9.24. The van der Waals surface area contributed by atoms with Gasteiger partial charge >= 0.3 is 0 Å². The van der Waals surface area contributed by atoms with Crippen molar-refractivity contribution in [2.75, 3.05) is 6.54 Å². The van der Waals surface area contributed by atoms with Crippen molar-refractivity contribution < 1.29 is 9.53 Å². The smallest absolute Gasteiger partial charge is 0.263 e. The lowest BCUT2D eigenvalue weighted by molar-refractivity contribution is -0.138. The largest absolute Gasteiger partial charge is 0.481 e. The van der Waals surface area contributed by atoms with E-state index in [9.17, 15) is 4.79 Å². The molecule has 106 valence electrons. The van der Waals surface area contributed by atoms with E-state index in [0.717, 1.165) is 12.8 Å². The average molecular weight is 293 g/mol. The molecule has 1 aliphatic rings. The summed E-state index contributed by atoms with van der Waals surface area (Å²) in [5.74, 6) is 0.511. The number of hydrogen-bond donors (Lipinski definition) is 0. The van der Waals surface area contributed by atoms with Gasteiger partial charge in [-0.3, -0.25) is 4.79 Å². The summed E-state index contributed by atoms with van der Waals surface area (Å²) in [6, 6.07) is 9.35. The van der Waals surface area contributed by atoms with Crippen LogP contribution in [0.15, 0.2) is 24.3 Å². The van der Waals surface area contributed by atoms with Gasteiger partial charge in [-0.1, -0.05) is 17.7 Å². The van der Waals surface area contributed by atoms with Gasteiger partial charge in [-0.15, -0.1) is 0 Å². The molecule has 0 radical (unpaired) electrons. The van der Waals surface area contributed by atoms with Crippen molar-refractivity contribution >= 4 is 17.5 Å². The number of hydrogen-bond acceptors (Lipinski definition) is 3. The van der Waals surface area contributed by atoms with Crippen LogP contribution in [-0.4, -0.2) is 29.5 Å². The Morgan fingerprint density at radius 1 is 1.60 bits per heavy atom. The molecule has 1 aromatic carbocycles. The molecule has 0 spiro atoms. The molecule has 20 heavy (non-hydrogen) atoms. The first-order valence-electron chi connectivity index (χ1n) is 6.71. The van der Waals surface area contributed by atoms with Crippen LogP contribution in [0.1, 0.15) is 26.2 Å². The van der Waals surface area contributed by atoms with Gasteiger partial charge in [-0.2, -0.15) is 5.26 Å². The molecule has 1 fully saturated rings. The molecular formula is C15H17ClN2O2. The van der Waals surface area contributed by atoms with Crippen molar-refractivity contribution in [1.29, 1.82) is 5.26 Å². The lowest BCUT2D eigenvalue weighted by Crippen LogP contribution is -2.42. The van der Waals surface area contributed by atoms with Gasteiger partial charge < -0.3 is 9.64 Å². The predicted molar refractivity (Wildman–Crippen MR) is 76.5 cm³/mol. The van der Waals surface area contributed by atoms with Gasteiger partial charge in [0.15, 0.2) is 6.10 Å². The predicted octanol–water partition coefficient (Wildman–Crippen LogP) is 3.01. The summed E-state index contributed by atoms with van der Waals surface area (Å²) in [5.41, 5.74) is 0. The maximum absolute atomic E-state index is 12.4. The normalized spacial score (nSPS) is 15.2. The van der Waals surface area contributed by atoms with E-state index < -0.39 is 6.10 Å². The summed E-state index contributed by atoms with van der Waals surface area (Å²) in [4.78, 5) is 14.1. The van der Waals surface area contributed by atoms with Crippen LogP contribution in [0.3, 0.4) is 0 Å². The monoisotopic (exact) mass is 292 g/mol. The van der Waals surface area contributed by atoms with Crippen molar-refractivity contribution in [3.63, 3.8) is 0 Å². The Morgan fingerprint density at radius 2 is 2.35 bits per heavy atom. The fourth-order valence-corrected chi connectivity index (χ4v) is 2.24. The summed E-state index contributed by atoms with van der Waals surface area (Å²) in [6.07, 6.45) is 1.81. The molecule has 0 aliphatic heterocycles. The van der Waals surface area contributed by atoms with E-state index in [0.29, 0.717) is 23.7 Å². The van der Waals surface area contributed by atoms with Crippen molar-refractivity contribution in [2.24, 2.45) is 0 Å². The number of nitriles is 1. The molecule has 1 aromatic rings. The maximum atomic E-state index is 12.4. The Hall–Kier alpha value is -1.73. The van der Waals surface area contributed by atoms with Gasteiger partial charge in [0.05, 0.1) is 12.5 Å². The fraction of sp³-hybridized carbons (Fsp3) is 0.467. The molecular weight excluding hydrogens is 276 g/mol. The highest BCUT2D eigenvalue weighted by molar-refractivity contribution is 6.30. The topological polar surface area (TPSA) is 53.3 Å². The Morgan fingerprint density at radius 3 is 2.95 bits per heavy atom. The Kier molecular flexibility index (Phi) is 4.86. The molecule has 0 N–H and O–H groups in total. The molecule has 1 unspecified atom stereocenters. The number of halogens is 1. The van der Waals surface area contributed by atoms with Gasteiger partial charge in [0.2, 0.25) is 0 Å². The molecule has 0 aromatic heterocycles. The van der Waals surface area contributed by atoms with Crippen LogP contribution in [0.5, 0.6) is 5.75 Å². The maximum Gasteiger partial charge on any atom is 0.263 e. The summed E-state index contributed by atoms with van der Waals surface area (Å²) >= 11 is 5.89. The number of ether oxygens (including phenoxy) is 1. The highest BCUT2D eigenvalue weighted by atomic mass is 35.5. The summed E-state index contributed by atoms with van der Waals surface area (Å²) in [7, 11) is 0. The number of amides is 1. The summed E-state index contributed by atoms with van der Waals surface area (Å²) < 4.78 is 5.64. The molecule has 0 heterocycles. The quantitative estimate of drug-likeness (QED) is 0.810. The van der Waals surface area contributed by atoms with Crippen molar-refractivity contribution in [2.45, 2.75) is 38.3 Å².